The van der Waals surface area contributed by atoms with Crippen molar-refractivity contribution in [3.05, 3.63) is 71.4 Å². The smallest absolute Gasteiger partial charge is 0.290 e. The number of carbonyl (C=O) groups is 1. The molecule has 0 N–H and O–H groups in total. The molecule has 1 saturated heterocycles. The average Bonchev–Trinajstić information content (AvgIpc) is 3.56. The monoisotopic (exact) mass is 431 g/mol. The highest BCUT2D eigenvalue weighted by molar-refractivity contribution is 7.21. The molecular weight excluding hydrogens is 414 g/mol. The van der Waals surface area contributed by atoms with Crippen molar-refractivity contribution in [2.75, 3.05) is 6.54 Å². The van der Waals surface area contributed by atoms with Gasteiger partial charge in [0.1, 0.15) is 5.01 Å². The number of furan rings is 1. The molecule has 4 heterocycles. The van der Waals surface area contributed by atoms with E-state index < -0.39 is 0 Å². The van der Waals surface area contributed by atoms with Crippen molar-refractivity contribution >= 4 is 49.0 Å². The fourth-order valence-electron chi connectivity index (χ4n) is 3.99. The summed E-state index contributed by atoms with van der Waals surface area (Å²) in [5.41, 5.74) is 1.94. The summed E-state index contributed by atoms with van der Waals surface area (Å²) in [7, 11) is 0. The maximum Gasteiger partial charge on any atom is 0.290 e. The molecule has 0 spiro atoms. The van der Waals surface area contributed by atoms with Crippen molar-refractivity contribution in [1.29, 1.82) is 0 Å². The molecule has 1 atom stereocenters. The van der Waals surface area contributed by atoms with E-state index in [4.69, 9.17) is 9.40 Å². The number of rotatable bonds is 3. The van der Waals surface area contributed by atoms with Crippen molar-refractivity contribution in [2.45, 2.75) is 18.9 Å². The molecule has 0 bridgehead atoms. The summed E-state index contributed by atoms with van der Waals surface area (Å²) < 4.78 is 8.22. The van der Waals surface area contributed by atoms with Gasteiger partial charge in [0.05, 0.1) is 26.5 Å². The van der Waals surface area contributed by atoms with Gasteiger partial charge in [-0.05, 0) is 49.2 Å². The molecule has 2 aromatic carbocycles. The fraction of sp³-hybridized carbons (Fsp3) is 0.174. The minimum absolute atomic E-state index is 0.00546. The standard InChI is InChI=1S/C23H17N3O2S2/c27-23(18-12-11-17(28-18)22-25-15-7-2-4-10-20(15)30-22)26-13-5-8-16(26)21-24-14-6-1-3-9-19(14)29-21/h1-4,6-7,9-12,16H,5,8,13H2. The summed E-state index contributed by atoms with van der Waals surface area (Å²) in [6.07, 6.45) is 1.90. The van der Waals surface area contributed by atoms with Crippen molar-refractivity contribution in [2.24, 2.45) is 0 Å². The summed E-state index contributed by atoms with van der Waals surface area (Å²) in [4.78, 5) is 24.6. The largest absolute Gasteiger partial charge is 0.448 e. The first-order valence-electron chi connectivity index (χ1n) is 9.88. The molecule has 7 heteroatoms. The SMILES string of the molecule is O=C(c1ccc(-c2nc3ccccc3s2)o1)N1CCCC1c1nc2ccccc2s1. The number of carbonyl (C=O) groups excluding carboxylic acids is 1. The average molecular weight is 432 g/mol. The quantitative estimate of drug-likeness (QED) is 0.344. The van der Waals surface area contributed by atoms with Crippen LogP contribution in [0.15, 0.2) is 65.1 Å². The van der Waals surface area contributed by atoms with E-state index in [1.165, 1.54) is 0 Å². The third-order valence-electron chi connectivity index (χ3n) is 5.43. The Morgan fingerprint density at radius 3 is 2.43 bits per heavy atom. The number of thiazole rings is 2. The lowest BCUT2D eigenvalue weighted by Gasteiger charge is -2.21. The van der Waals surface area contributed by atoms with Gasteiger partial charge in [-0.15, -0.1) is 22.7 Å². The predicted octanol–water partition coefficient (Wildman–Crippen LogP) is 6.14. The van der Waals surface area contributed by atoms with Crippen LogP contribution in [-0.2, 0) is 0 Å². The van der Waals surface area contributed by atoms with Crippen LogP contribution in [0.5, 0.6) is 0 Å². The molecular formula is C23H17N3O2S2. The zero-order valence-corrected chi connectivity index (χ0v) is 17.6. The molecule has 0 radical (unpaired) electrons. The molecule has 1 unspecified atom stereocenters. The zero-order chi connectivity index (χ0) is 20.1. The molecule has 3 aromatic heterocycles. The summed E-state index contributed by atoms with van der Waals surface area (Å²) >= 11 is 3.24. The van der Waals surface area contributed by atoms with E-state index in [1.54, 1.807) is 28.7 Å². The Bertz CT molecular complexity index is 1320. The van der Waals surface area contributed by atoms with Gasteiger partial charge in [0, 0.05) is 6.54 Å². The van der Waals surface area contributed by atoms with Crippen molar-refractivity contribution in [3.63, 3.8) is 0 Å². The molecule has 1 amide bonds. The number of fused-ring (bicyclic) bond motifs is 2. The van der Waals surface area contributed by atoms with Crippen LogP contribution in [0.1, 0.15) is 34.4 Å². The van der Waals surface area contributed by atoms with E-state index in [0.717, 1.165) is 49.8 Å². The Kier molecular flexibility index (Phi) is 4.17. The van der Waals surface area contributed by atoms with Crippen LogP contribution in [0.3, 0.4) is 0 Å². The summed E-state index contributed by atoms with van der Waals surface area (Å²) in [6, 6.07) is 19.7. The van der Waals surface area contributed by atoms with Gasteiger partial charge >= 0.3 is 0 Å². The number of aromatic nitrogens is 2. The summed E-state index contributed by atoms with van der Waals surface area (Å²) in [6.45, 7) is 0.719. The Morgan fingerprint density at radius 1 is 0.933 bits per heavy atom. The molecule has 5 aromatic rings. The van der Waals surface area contributed by atoms with E-state index in [-0.39, 0.29) is 11.9 Å². The van der Waals surface area contributed by atoms with Gasteiger partial charge < -0.3 is 9.32 Å². The summed E-state index contributed by atoms with van der Waals surface area (Å²) in [5.74, 6) is 0.914. The molecule has 1 aliphatic heterocycles. The van der Waals surface area contributed by atoms with Gasteiger partial charge in [-0.25, -0.2) is 9.97 Å². The first-order valence-corrected chi connectivity index (χ1v) is 11.5. The number of hydrogen-bond acceptors (Lipinski definition) is 6. The van der Waals surface area contributed by atoms with Crippen molar-refractivity contribution in [1.82, 2.24) is 14.9 Å². The Labute approximate surface area is 180 Å². The minimum Gasteiger partial charge on any atom is -0.448 e. The van der Waals surface area contributed by atoms with E-state index in [1.807, 2.05) is 53.4 Å². The topological polar surface area (TPSA) is 59.2 Å². The van der Waals surface area contributed by atoms with Gasteiger partial charge in [0.2, 0.25) is 0 Å². The first kappa shape index (κ1) is 17.8. The van der Waals surface area contributed by atoms with Crippen LogP contribution >= 0.6 is 22.7 Å². The number of benzene rings is 2. The third-order valence-corrected chi connectivity index (χ3v) is 7.62. The van der Waals surface area contributed by atoms with Crippen LogP contribution in [0.2, 0.25) is 0 Å². The van der Waals surface area contributed by atoms with Crippen molar-refractivity contribution in [3.8, 4) is 10.8 Å². The normalized spacial score (nSPS) is 16.7. The van der Waals surface area contributed by atoms with Gasteiger partial charge in [0.15, 0.2) is 16.5 Å². The zero-order valence-electron chi connectivity index (χ0n) is 15.9. The number of para-hydroxylation sites is 2. The van der Waals surface area contributed by atoms with E-state index in [9.17, 15) is 4.79 Å². The van der Waals surface area contributed by atoms with E-state index >= 15 is 0 Å². The minimum atomic E-state index is -0.0795. The third kappa shape index (κ3) is 2.93. The number of hydrogen-bond donors (Lipinski definition) is 0. The Hall–Kier alpha value is -3.03. The second-order valence-electron chi connectivity index (χ2n) is 7.33. The van der Waals surface area contributed by atoms with Crippen LogP contribution in [-0.4, -0.2) is 27.3 Å². The highest BCUT2D eigenvalue weighted by atomic mass is 32.1. The van der Waals surface area contributed by atoms with E-state index in [0.29, 0.717) is 11.5 Å². The highest BCUT2D eigenvalue weighted by Gasteiger charge is 2.34. The molecule has 0 saturated carbocycles. The maximum absolute atomic E-state index is 13.3. The van der Waals surface area contributed by atoms with Crippen LogP contribution < -0.4 is 0 Å². The molecule has 6 rings (SSSR count). The Balaban J connectivity index is 1.29. The second-order valence-corrected chi connectivity index (χ2v) is 9.42. The van der Waals surface area contributed by atoms with Gasteiger partial charge in [-0.2, -0.15) is 0 Å². The highest BCUT2D eigenvalue weighted by Crippen LogP contribution is 2.38. The van der Waals surface area contributed by atoms with E-state index in [2.05, 4.69) is 11.1 Å². The number of likely N-dealkylation sites (tertiary alicyclic amines) is 1. The Morgan fingerprint density at radius 2 is 1.67 bits per heavy atom. The molecule has 30 heavy (non-hydrogen) atoms. The van der Waals surface area contributed by atoms with Crippen LogP contribution in [0.4, 0.5) is 0 Å². The molecule has 1 fully saturated rings. The molecule has 1 aliphatic rings. The molecule has 0 aliphatic carbocycles. The molecule has 5 nitrogen and oxygen atoms in total. The maximum atomic E-state index is 13.3. The molecule has 148 valence electrons. The number of amides is 1. The van der Waals surface area contributed by atoms with Gasteiger partial charge in [-0.3, -0.25) is 4.79 Å². The van der Waals surface area contributed by atoms with Crippen LogP contribution in [0.25, 0.3) is 31.2 Å². The summed E-state index contributed by atoms with van der Waals surface area (Å²) in [5, 5.41) is 1.79. The second kappa shape index (κ2) is 7.04. The van der Waals surface area contributed by atoms with Gasteiger partial charge in [-0.1, -0.05) is 24.3 Å². The first-order chi connectivity index (χ1) is 14.8. The fourth-order valence-corrected chi connectivity index (χ4v) is 6.03. The lowest BCUT2D eigenvalue weighted by Crippen LogP contribution is -2.30. The lowest BCUT2D eigenvalue weighted by atomic mass is 10.2. The van der Waals surface area contributed by atoms with Crippen LogP contribution in [0, 0.1) is 0 Å². The predicted molar refractivity (Wildman–Crippen MR) is 120 cm³/mol. The number of nitrogens with zero attached hydrogens (tertiary/aromatic N) is 3. The van der Waals surface area contributed by atoms with Crippen molar-refractivity contribution < 1.29 is 9.21 Å². The van der Waals surface area contributed by atoms with Gasteiger partial charge in [0.25, 0.3) is 5.91 Å². The lowest BCUT2D eigenvalue weighted by molar-refractivity contribution is 0.0704.